The predicted octanol–water partition coefficient (Wildman–Crippen LogP) is 9.53. The van der Waals surface area contributed by atoms with Crippen LogP contribution in [0.15, 0.2) is 12.2 Å². The zero-order valence-electron chi connectivity index (χ0n) is 36.6. The SMILES string of the molecule is CCC/C=C\CCCCCCCCOCC(COP(=O)(O)OC1C(O)C(O)C(O)C(O)C1O)OC(=O)CCCCCCCCCCCCCCCCCCCCCC. The standard InChI is InChI=1S/C45H87O12P/c1-3-5-7-9-11-13-15-16-17-18-19-20-21-22-23-24-26-28-30-32-34-39(46)56-38(36-54-35-33-31-29-27-25-14-12-10-8-6-4-2)37-55-58(52,53)57-45-43(50)41(48)40(47)42(49)44(45)51/h8,10,38,40-45,47-51H,3-7,9,11-37H2,1-2H3,(H,52,53)/b10-8-. The van der Waals surface area contributed by atoms with E-state index in [-0.39, 0.29) is 13.0 Å². The van der Waals surface area contributed by atoms with Crippen LogP contribution in [0.3, 0.4) is 0 Å². The number of aliphatic hydroxyl groups excluding tert-OH is 5. The molecule has 1 rings (SSSR count). The molecule has 1 fully saturated rings. The van der Waals surface area contributed by atoms with Crippen LogP contribution in [0.2, 0.25) is 0 Å². The second kappa shape index (κ2) is 36.7. The molecule has 0 spiro atoms. The smallest absolute Gasteiger partial charge is 0.457 e. The number of phosphoric acid groups is 1. The Hall–Kier alpha value is -0.920. The number of rotatable bonds is 40. The van der Waals surface area contributed by atoms with Gasteiger partial charge in [-0.2, -0.15) is 0 Å². The van der Waals surface area contributed by atoms with Gasteiger partial charge in [0.05, 0.1) is 13.2 Å². The Kier molecular flexibility index (Phi) is 34.9. The highest BCUT2D eigenvalue weighted by molar-refractivity contribution is 7.47. The first-order valence-corrected chi connectivity index (χ1v) is 25.0. The van der Waals surface area contributed by atoms with Gasteiger partial charge in [0, 0.05) is 13.0 Å². The number of unbranched alkanes of at least 4 members (excludes halogenated alkanes) is 26. The van der Waals surface area contributed by atoms with Gasteiger partial charge >= 0.3 is 13.8 Å². The first-order valence-electron chi connectivity index (χ1n) is 23.5. The van der Waals surface area contributed by atoms with Crippen molar-refractivity contribution in [3.63, 3.8) is 0 Å². The number of aliphatic hydroxyl groups is 5. The fraction of sp³-hybridized carbons (Fsp3) is 0.933. The molecule has 0 bridgehead atoms. The lowest BCUT2D eigenvalue weighted by molar-refractivity contribution is -0.220. The molecule has 0 aromatic carbocycles. The first kappa shape index (κ1) is 55.1. The van der Waals surface area contributed by atoms with Crippen molar-refractivity contribution in [2.24, 2.45) is 0 Å². The van der Waals surface area contributed by atoms with Gasteiger partial charge in [-0.1, -0.05) is 180 Å². The summed E-state index contributed by atoms with van der Waals surface area (Å²) in [6, 6.07) is 0. The topological polar surface area (TPSA) is 192 Å². The summed E-state index contributed by atoms with van der Waals surface area (Å²) in [5, 5.41) is 50.1. The first-order chi connectivity index (χ1) is 28.0. The van der Waals surface area contributed by atoms with Crippen LogP contribution in [-0.4, -0.2) is 98.9 Å². The van der Waals surface area contributed by atoms with Crippen molar-refractivity contribution in [3.8, 4) is 0 Å². The molecule has 0 amide bonds. The van der Waals surface area contributed by atoms with E-state index < -0.39 is 63.1 Å². The van der Waals surface area contributed by atoms with Crippen LogP contribution in [0.5, 0.6) is 0 Å². The molecule has 0 radical (unpaired) electrons. The van der Waals surface area contributed by atoms with Crippen molar-refractivity contribution in [2.45, 2.75) is 249 Å². The van der Waals surface area contributed by atoms with E-state index in [1.807, 2.05) is 0 Å². The normalized spacial score (nSPS) is 22.7. The summed E-state index contributed by atoms with van der Waals surface area (Å²) in [7, 11) is -5.01. The summed E-state index contributed by atoms with van der Waals surface area (Å²) in [6.45, 7) is 4.21. The number of hydrogen-bond acceptors (Lipinski definition) is 11. The summed E-state index contributed by atoms with van der Waals surface area (Å²) in [5.74, 6) is -0.476. The van der Waals surface area contributed by atoms with Gasteiger partial charge in [-0.3, -0.25) is 13.8 Å². The van der Waals surface area contributed by atoms with E-state index in [1.165, 1.54) is 122 Å². The second-order valence-corrected chi connectivity index (χ2v) is 18.0. The van der Waals surface area contributed by atoms with Crippen molar-refractivity contribution in [1.29, 1.82) is 0 Å². The van der Waals surface area contributed by atoms with Crippen LogP contribution in [0.1, 0.15) is 206 Å². The maximum Gasteiger partial charge on any atom is 0.472 e. The summed E-state index contributed by atoms with van der Waals surface area (Å²) in [6.07, 6.45) is 27.2. The zero-order valence-corrected chi connectivity index (χ0v) is 37.5. The molecule has 1 saturated carbocycles. The van der Waals surface area contributed by atoms with E-state index in [4.69, 9.17) is 18.5 Å². The Morgan fingerprint density at radius 1 is 0.534 bits per heavy atom. The fourth-order valence-electron chi connectivity index (χ4n) is 7.36. The average Bonchev–Trinajstić information content (AvgIpc) is 3.21. The lowest BCUT2D eigenvalue weighted by atomic mass is 9.85. The fourth-order valence-corrected chi connectivity index (χ4v) is 8.33. The van der Waals surface area contributed by atoms with Crippen molar-refractivity contribution in [3.05, 3.63) is 12.2 Å². The van der Waals surface area contributed by atoms with Crippen LogP contribution in [-0.2, 0) is 27.9 Å². The molecule has 1 aliphatic rings. The lowest BCUT2D eigenvalue weighted by Crippen LogP contribution is -2.64. The molecule has 1 aliphatic carbocycles. The van der Waals surface area contributed by atoms with Crippen LogP contribution in [0.4, 0.5) is 0 Å². The molecule has 6 N–H and O–H groups in total. The Morgan fingerprint density at radius 2 is 0.948 bits per heavy atom. The van der Waals surface area contributed by atoms with Crippen molar-refractivity contribution in [2.75, 3.05) is 19.8 Å². The van der Waals surface area contributed by atoms with Crippen molar-refractivity contribution in [1.82, 2.24) is 0 Å². The minimum Gasteiger partial charge on any atom is -0.457 e. The Labute approximate surface area is 352 Å². The number of allylic oxidation sites excluding steroid dienone is 2. The molecule has 13 heteroatoms. The van der Waals surface area contributed by atoms with E-state index in [1.54, 1.807) is 0 Å². The minimum absolute atomic E-state index is 0.0760. The zero-order chi connectivity index (χ0) is 42.7. The maximum absolute atomic E-state index is 12.8. The third-order valence-electron chi connectivity index (χ3n) is 11.1. The summed E-state index contributed by atoms with van der Waals surface area (Å²) < 4.78 is 34.1. The van der Waals surface area contributed by atoms with Gasteiger partial charge in [-0.05, 0) is 32.1 Å². The summed E-state index contributed by atoms with van der Waals surface area (Å²) in [4.78, 5) is 23.1. The van der Waals surface area contributed by atoms with E-state index in [0.717, 1.165) is 57.8 Å². The van der Waals surface area contributed by atoms with Crippen LogP contribution < -0.4 is 0 Å². The molecule has 0 saturated heterocycles. The molecule has 58 heavy (non-hydrogen) atoms. The molecule has 0 aromatic rings. The molecule has 6 unspecified atom stereocenters. The second-order valence-electron chi connectivity index (χ2n) is 16.6. The number of phosphoric ester groups is 1. The van der Waals surface area contributed by atoms with Crippen molar-refractivity contribution >= 4 is 13.8 Å². The average molecular weight is 851 g/mol. The van der Waals surface area contributed by atoms with Gasteiger partial charge in [0.1, 0.15) is 42.7 Å². The third kappa shape index (κ3) is 28.6. The number of ether oxygens (including phenoxy) is 2. The van der Waals surface area contributed by atoms with Crippen LogP contribution in [0, 0.1) is 0 Å². The van der Waals surface area contributed by atoms with Gasteiger partial charge in [0.15, 0.2) is 0 Å². The van der Waals surface area contributed by atoms with Gasteiger partial charge in [0.2, 0.25) is 0 Å². The molecular formula is C45H87O12P. The quantitative estimate of drug-likeness (QED) is 0.0148. The molecule has 0 heterocycles. The van der Waals surface area contributed by atoms with Crippen molar-refractivity contribution < 1.29 is 58.3 Å². The Morgan fingerprint density at radius 3 is 1.43 bits per heavy atom. The largest absolute Gasteiger partial charge is 0.472 e. The van der Waals surface area contributed by atoms with Gasteiger partial charge in [0.25, 0.3) is 0 Å². The van der Waals surface area contributed by atoms with E-state index in [0.29, 0.717) is 13.0 Å². The maximum atomic E-state index is 12.8. The molecular weight excluding hydrogens is 763 g/mol. The highest BCUT2D eigenvalue weighted by atomic mass is 31.2. The number of esters is 1. The minimum atomic E-state index is -5.01. The Balaban J connectivity index is 2.33. The van der Waals surface area contributed by atoms with Gasteiger partial charge in [-0.15, -0.1) is 0 Å². The molecule has 344 valence electrons. The number of carbonyl (C=O) groups excluding carboxylic acids is 1. The number of hydrogen-bond donors (Lipinski definition) is 6. The predicted molar refractivity (Wildman–Crippen MR) is 230 cm³/mol. The van der Waals surface area contributed by atoms with E-state index in [9.17, 15) is 39.8 Å². The van der Waals surface area contributed by atoms with E-state index >= 15 is 0 Å². The van der Waals surface area contributed by atoms with E-state index in [2.05, 4.69) is 26.0 Å². The highest BCUT2D eigenvalue weighted by Gasteiger charge is 2.51. The molecule has 12 nitrogen and oxygen atoms in total. The third-order valence-corrected chi connectivity index (χ3v) is 12.1. The molecule has 0 aliphatic heterocycles. The molecule has 6 atom stereocenters. The lowest BCUT2D eigenvalue weighted by Gasteiger charge is -2.41. The molecule has 0 aromatic heterocycles. The summed E-state index contributed by atoms with van der Waals surface area (Å²) >= 11 is 0. The van der Waals surface area contributed by atoms with Crippen LogP contribution in [0.25, 0.3) is 0 Å². The van der Waals surface area contributed by atoms with Gasteiger partial charge < -0.3 is 39.9 Å². The highest BCUT2D eigenvalue weighted by Crippen LogP contribution is 2.47. The summed E-state index contributed by atoms with van der Waals surface area (Å²) in [5.41, 5.74) is 0. The number of carbonyl (C=O) groups is 1. The monoisotopic (exact) mass is 851 g/mol. The van der Waals surface area contributed by atoms with Gasteiger partial charge in [-0.25, -0.2) is 4.57 Å². The Bertz CT molecular complexity index is 1020. The van der Waals surface area contributed by atoms with Crippen LogP contribution >= 0.6 is 7.82 Å².